The molecular formula is C31H35ClFN3O4. The topological polar surface area (TPSA) is 91.8 Å². The largest absolute Gasteiger partial charge is 0.492 e. The number of pyridine rings is 1. The van der Waals surface area contributed by atoms with Crippen molar-refractivity contribution in [1.29, 1.82) is 0 Å². The predicted octanol–water partition coefficient (Wildman–Crippen LogP) is 6.36. The van der Waals surface area contributed by atoms with E-state index in [9.17, 15) is 19.1 Å². The van der Waals surface area contributed by atoms with Crippen molar-refractivity contribution in [3.05, 3.63) is 70.6 Å². The lowest BCUT2D eigenvalue weighted by Crippen LogP contribution is -2.55. The van der Waals surface area contributed by atoms with Crippen molar-refractivity contribution in [2.24, 2.45) is 0 Å². The third-order valence-corrected chi connectivity index (χ3v) is 7.60. The third-order valence-electron chi connectivity index (χ3n) is 7.29. The summed E-state index contributed by atoms with van der Waals surface area (Å²) in [6.45, 7) is 3.14. The molecule has 2 N–H and O–H groups in total. The summed E-state index contributed by atoms with van der Waals surface area (Å²) < 4.78 is 19.9. The first kappa shape index (κ1) is 29.5. The average Bonchev–Trinajstić information content (AvgIpc) is 2.92. The fourth-order valence-electron chi connectivity index (χ4n) is 5.11. The summed E-state index contributed by atoms with van der Waals surface area (Å²) >= 11 is 6.44. The van der Waals surface area contributed by atoms with Gasteiger partial charge in [-0.2, -0.15) is 0 Å². The molecule has 3 aromatic rings. The van der Waals surface area contributed by atoms with Crippen molar-refractivity contribution in [1.82, 2.24) is 15.2 Å². The van der Waals surface area contributed by atoms with Crippen LogP contribution in [0.25, 0.3) is 22.4 Å². The quantitative estimate of drug-likeness (QED) is 0.277. The van der Waals surface area contributed by atoms with E-state index in [2.05, 4.69) is 10.2 Å². The monoisotopic (exact) mass is 567 g/mol. The molecule has 1 fully saturated rings. The number of amides is 1. The Balaban J connectivity index is 1.74. The Morgan fingerprint density at radius 3 is 2.48 bits per heavy atom. The molecule has 212 valence electrons. The van der Waals surface area contributed by atoms with Crippen molar-refractivity contribution in [2.75, 3.05) is 27.2 Å². The van der Waals surface area contributed by atoms with E-state index in [0.717, 1.165) is 37.8 Å². The van der Waals surface area contributed by atoms with Gasteiger partial charge in [0, 0.05) is 17.7 Å². The number of halogens is 2. The minimum absolute atomic E-state index is 0.0908. The van der Waals surface area contributed by atoms with Gasteiger partial charge in [-0.3, -0.25) is 4.79 Å². The number of rotatable bonds is 10. The molecule has 1 heterocycles. The van der Waals surface area contributed by atoms with E-state index in [0.29, 0.717) is 52.6 Å². The first-order valence-electron chi connectivity index (χ1n) is 13.5. The van der Waals surface area contributed by atoms with Crippen molar-refractivity contribution in [2.45, 2.75) is 51.0 Å². The van der Waals surface area contributed by atoms with Crippen LogP contribution in [0.15, 0.2) is 48.5 Å². The molecule has 0 bridgehead atoms. The molecule has 1 aliphatic rings. The Bertz CT molecular complexity index is 1390. The van der Waals surface area contributed by atoms with E-state index >= 15 is 0 Å². The highest BCUT2D eigenvalue weighted by Gasteiger charge is 2.41. The van der Waals surface area contributed by atoms with Crippen LogP contribution in [0, 0.1) is 12.7 Å². The Morgan fingerprint density at radius 1 is 1.07 bits per heavy atom. The van der Waals surface area contributed by atoms with Crippen molar-refractivity contribution >= 4 is 23.5 Å². The maximum Gasteiger partial charge on any atom is 0.329 e. The number of benzene rings is 2. The highest BCUT2D eigenvalue weighted by atomic mass is 35.5. The molecule has 9 heteroatoms. The van der Waals surface area contributed by atoms with Gasteiger partial charge in [0.25, 0.3) is 5.91 Å². The number of hydrogen-bond acceptors (Lipinski definition) is 5. The summed E-state index contributed by atoms with van der Waals surface area (Å²) in [4.78, 5) is 32.3. The second-order valence-corrected chi connectivity index (χ2v) is 11.0. The third kappa shape index (κ3) is 6.80. The Labute approximate surface area is 239 Å². The molecule has 40 heavy (non-hydrogen) atoms. The van der Waals surface area contributed by atoms with Crippen LogP contribution in [0.4, 0.5) is 4.39 Å². The van der Waals surface area contributed by atoms with E-state index in [-0.39, 0.29) is 11.5 Å². The molecule has 1 aromatic heterocycles. The zero-order chi connectivity index (χ0) is 28.9. The molecule has 1 aliphatic carbocycles. The molecule has 4 rings (SSSR count). The molecule has 7 nitrogen and oxygen atoms in total. The number of carboxylic acids is 1. The minimum Gasteiger partial charge on any atom is -0.492 e. The van der Waals surface area contributed by atoms with Crippen LogP contribution in [0.2, 0.25) is 5.02 Å². The second kappa shape index (κ2) is 12.8. The van der Waals surface area contributed by atoms with Crippen LogP contribution in [0.1, 0.15) is 54.6 Å². The molecule has 1 saturated carbocycles. The molecule has 0 atom stereocenters. The number of carboxylic acid groups (broad SMARTS) is 1. The van der Waals surface area contributed by atoms with E-state index in [1.54, 1.807) is 36.4 Å². The number of aryl methyl sites for hydroxylation is 1. The van der Waals surface area contributed by atoms with Crippen LogP contribution < -0.4 is 10.1 Å². The number of carbonyl (C=O) groups is 2. The lowest BCUT2D eigenvalue weighted by Gasteiger charge is -2.33. The summed E-state index contributed by atoms with van der Waals surface area (Å²) in [5.41, 5.74) is 2.08. The van der Waals surface area contributed by atoms with Crippen LogP contribution in [0.3, 0.4) is 0 Å². The van der Waals surface area contributed by atoms with Crippen LogP contribution >= 0.6 is 11.6 Å². The van der Waals surface area contributed by atoms with E-state index < -0.39 is 17.4 Å². The Kier molecular flexibility index (Phi) is 9.43. The second-order valence-electron chi connectivity index (χ2n) is 10.6. The molecule has 0 aliphatic heterocycles. The summed E-state index contributed by atoms with van der Waals surface area (Å²) in [7, 11) is 3.99. The first-order valence-corrected chi connectivity index (χ1v) is 13.9. The predicted molar refractivity (Wildman–Crippen MR) is 154 cm³/mol. The average molecular weight is 568 g/mol. The Morgan fingerprint density at radius 2 is 1.80 bits per heavy atom. The number of aliphatic carboxylic acids is 1. The SMILES string of the molecule is Cc1cc(F)ccc1-c1ccc(C(=O)NC2(C(=O)O)CCCCC2)nc1-c1ccc(Cl)c(OCCCN(C)C)c1. The van der Waals surface area contributed by atoms with Crippen molar-refractivity contribution < 1.29 is 23.8 Å². The number of ether oxygens (including phenoxy) is 1. The Hall–Kier alpha value is -3.49. The number of nitrogens with one attached hydrogen (secondary N) is 1. The van der Waals surface area contributed by atoms with Gasteiger partial charge in [-0.25, -0.2) is 14.2 Å². The summed E-state index contributed by atoms with van der Waals surface area (Å²) in [5, 5.41) is 13.2. The lowest BCUT2D eigenvalue weighted by atomic mass is 9.81. The number of hydrogen-bond donors (Lipinski definition) is 2. The van der Waals surface area contributed by atoms with Gasteiger partial charge in [0.1, 0.15) is 22.8 Å². The lowest BCUT2D eigenvalue weighted by molar-refractivity contribution is -0.145. The molecule has 0 radical (unpaired) electrons. The fourth-order valence-corrected chi connectivity index (χ4v) is 5.28. The zero-order valence-electron chi connectivity index (χ0n) is 23.1. The van der Waals surface area contributed by atoms with Gasteiger partial charge >= 0.3 is 5.97 Å². The van der Waals surface area contributed by atoms with Crippen LogP contribution in [-0.2, 0) is 4.79 Å². The van der Waals surface area contributed by atoms with Gasteiger partial charge < -0.3 is 20.1 Å². The molecular weight excluding hydrogens is 533 g/mol. The van der Waals surface area contributed by atoms with Gasteiger partial charge in [-0.15, -0.1) is 0 Å². The number of aromatic nitrogens is 1. The van der Waals surface area contributed by atoms with Gasteiger partial charge in [0.15, 0.2) is 0 Å². The van der Waals surface area contributed by atoms with Crippen LogP contribution in [0.5, 0.6) is 5.75 Å². The first-order chi connectivity index (χ1) is 19.1. The summed E-state index contributed by atoms with van der Waals surface area (Å²) in [6.07, 6.45) is 3.97. The smallest absolute Gasteiger partial charge is 0.329 e. The van der Waals surface area contributed by atoms with Crippen molar-refractivity contribution in [3.63, 3.8) is 0 Å². The maximum atomic E-state index is 13.9. The van der Waals surface area contributed by atoms with E-state index in [4.69, 9.17) is 21.3 Å². The fraction of sp³-hybridized carbons (Fsp3) is 0.387. The molecule has 1 amide bonds. The summed E-state index contributed by atoms with van der Waals surface area (Å²) in [5.74, 6) is -1.45. The maximum absolute atomic E-state index is 13.9. The van der Waals surface area contributed by atoms with Gasteiger partial charge in [-0.05, 0) is 87.8 Å². The summed E-state index contributed by atoms with van der Waals surface area (Å²) in [6, 6.07) is 13.1. The number of nitrogens with zero attached hydrogens (tertiary/aromatic N) is 2. The van der Waals surface area contributed by atoms with Gasteiger partial charge in [0.2, 0.25) is 0 Å². The van der Waals surface area contributed by atoms with Gasteiger partial charge in [0.05, 0.1) is 17.3 Å². The zero-order valence-corrected chi connectivity index (χ0v) is 23.9. The van der Waals surface area contributed by atoms with Gasteiger partial charge in [-0.1, -0.05) is 43.0 Å². The molecule has 0 spiro atoms. The highest BCUT2D eigenvalue weighted by Crippen LogP contribution is 2.37. The minimum atomic E-state index is -1.31. The normalized spacial score (nSPS) is 14.7. The van der Waals surface area contributed by atoms with Crippen molar-refractivity contribution in [3.8, 4) is 28.1 Å². The van der Waals surface area contributed by atoms with E-state index in [1.807, 2.05) is 21.0 Å². The molecule has 2 aromatic carbocycles. The molecule has 0 unspecified atom stereocenters. The number of carbonyl (C=O) groups excluding carboxylic acids is 1. The molecule has 0 saturated heterocycles. The standard InChI is InChI=1S/C31H35ClFN3O4/c1-20-18-22(33)9-10-23(20)24-11-13-26(29(37)35-31(30(38)39)14-5-4-6-15-31)34-28(24)21-8-12-25(32)27(19-21)40-17-7-16-36(2)3/h8-13,18-19H,4-7,14-17H2,1-3H3,(H,35,37)(H,38,39). The van der Waals surface area contributed by atoms with Crippen LogP contribution in [-0.4, -0.2) is 59.7 Å². The van der Waals surface area contributed by atoms with E-state index in [1.165, 1.54) is 12.1 Å². The highest BCUT2D eigenvalue weighted by molar-refractivity contribution is 6.32.